The number of urea groups is 1. The third-order valence-corrected chi connectivity index (χ3v) is 3.49. The smallest absolute Gasteiger partial charge is 0.325 e. The maximum Gasteiger partial charge on any atom is 0.325 e. The van der Waals surface area contributed by atoms with Gasteiger partial charge in [-0.3, -0.25) is 9.69 Å². The van der Waals surface area contributed by atoms with Crippen LogP contribution in [0.3, 0.4) is 0 Å². The molecule has 7 heteroatoms. The number of ether oxygens (including phenoxy) is 1. The number of benzene rings is 1. The first-order chi connectivity index (χ1) is 10.8. The normalized spacial score (nSPS) is 17.6. The molecule has 1 atom stereocenters. The van der Waals surface area contributed by atoms with Crippen LogP contribution in [0.5, 0.6) is 5.75 Å². The summed E-state index contributed by atoms with van der Waals surface area (Å²) in [6.45, 7) is 3.05. The third kappa shape index (κ3) is 3.99. The molecule has 2 N–H and O–H groups in total. The average molecular weight is 317 g/mol. The van der Waals surface area contributed by atoms with Gasteiger partial charge in [-0.15, -0.1) is 0 Å². The summed E-state index contributed by atoms with van der Waals surface area (Å²) >= 11 is 0. The topological polar surface area (TPSA) is 103 Å². The summed E-state index contributed by atoms with van der Waals surface area (Å²) in [5, 5.41) is 21.1. The first-order valence-electron chi connectivity index (χ1n) is 7.24. The third-order valence-electron chi connectivity index (χ3n) is 3.49. The summed E-state index contributed by atoms with van der Waals surface area (Å²) in [7, 11) is 0. The zero-order chi connectivity index (χ0) is 17.0. The number of aliphatic hydroxyl groups is 1. The van der Waals surface area contributed by atoms with Gasteiger partial charge in [-0.2, -0.15) is 5.26 Å². The predicted octanol–water partition coefficient (Wildman–Crippen LogP) is 0.823. The summed E-state index contributed by atoms with van der Waals surface area (Å²) in [6, 6.07) is 8.49. The molecule has 3 amide bonds. The van der Waals surface area contributed by atoms with Crippen molar-refractivity contribution in [3.8, 4) is 11.8 Å². The fourth-order valence-electron chi connectivity index (χ4n) is 2.23. The minimum atomic E-state index is -0.989. The molecule has 1 aliphatic rings. The van der Waals surface area contributed by atoms with Crippen LogP contribution in [0, 0.1) is 11.3 Å². The van der Waals surface area contributed by atoms with Crippen LogP contribution in [0.2, 0.25) is 0 Å². The van der Waals surface area contributed by atoms with E-state index in [1.54, 1.807) is 38.1 Å². The van der Waals surface area contributed by atoms with Gasteiger partial charge < -0.3 is 15.2 Å². The van der Waals surface area contributed by atoms with Gasteiger partial charge in [-0.1, -0.05) is 12.1 Å². The Labute approximate surface area is 134 Å². The van der Waals surface area contributed by atoms with Gasteiger partial charge in [0.05, 0.1) is 19.0 Å². The fourth-order valence-corrected chi connectivity index (χ4v) is 2.23. The summed E-state index contributed by atoms with van der Waals surface area (Å²) < 4.78 is 5.43. The molecule has 0 aromatic heterocycles. The minimum absolute atomic E-state index is 0.0465. The number of nitriles is 1. The molecule has 1 aromatic rings. The van der Waals surface area contributed by atoms with Crippen LogP contribution in [-0.4, -0.2) is 46.7 Å². The molecule has 0 spiro atoms. The molecule has 1 unspecified atom stereocenters. The summed E-state index contributed by atoms with van der Waals surface area (Å²) in [5.41, 5.74) is -0.0733. The standard InChI is InChI=1S/C16H19N3O4/c1-16(2)14(21)19(15(22)18-16)9-12(20)10-23-13-5-3-11(4-6-13)7-8-17/h3-6,12,20H,7,9-10H2,1-2H3,(H,18,22). The maximum atomic E-state index is 12.0. The van der Waals surface area contributed by atoms with Gasteiger partial charge in [0.1, 0.15) is 24.0 Å². The van der Waals surface area contributed by atoms with E-state index < -0.39 is 17.7 Å². The van der Waals surface area contributed by atoms with Crippen LogP contribution >= 0.6 is 0 Å². The van der Waals surface area contributed by atoms with Gasteiger partial charge >= 0.3 is 6.03 Å². The number of nitrogens with one attached hydrogen (secondary N) is 1. The summed E-state index contributed by atoms with van der Waals surface area (Å²) in [4.78, 5) is 24.7. The van der Waals surface area contributed by atoms with Crippen LogP contribution in [0.15, 0.2) is 24.3 Å². The average Bonchev–Trinajstić information content (AvgIpc) is 2.69. The quantitative estimate of drug-likeness (QED) is 0.756. The van der Waals surface area contributed by atoms with E-state index in [0.717, 1.165) is 10.5 Å². The van der Waals surface area contributed by atoms with Gasteiger partial charge in [0.25, 0.3) is 5.91 Å². The summed E-state index contributed by atoms with van der Waals surface area (Å²) in [6.07, 6.45) is -0.664. The number of carbonyl (C=O) groups is 2. The molecule has 0 radical (unpaired) electrons. The van der Waals surface area contributed by atoms with Crippen molar-refractivity contribution in [2.24, 2.45) is 0 Å². The fraction of sp³-hybridized carbons (Fsp3) is 0.438. The number of imide groups is 1. The van der Waals surface area contributed by atoms with Crippen molar-refractivity contribution in [3.05, 3.63) is 29.8 Å². The first kappa shape index (κ1) is 16.8. The lowest BCUT2D eigenvalue weighted by Gasteiger charge is -2.19. The van der Waals surface area contributed by atoms with Crippen LogP contribution in [-0.2, 0) is 11.2 Å². The lowest BCUT2D eigenvalue weighted by molar-refractivity contribution is -0.131. The molecule has 1 aromatic carbocycles. The largest absolute Gasteiger partial charge is 0.491 e. The molecule has 1 saturated heterocycles. The number of rotatable bonds is 6. The zero-order valence-corrected chi connectivity index (χ0v) is 13.1. The van der Waals surface area contributed by atoms with Crippen molar-refractivity contribution in [1.82, 2.24) is 10.2 Å². The van der Waals surface area contributed by atoms with Crippen LogP contribution in [0.25, 0.3) is 0 Å². The van der Waals surface area contributed by atoms with Gasteiger partial charge in [0, 0.05) is 0 Å². The SMILES string of the molecule is CC1(C)NC(=O)N(CC(O)COc2ccc(CC#N)cc2)C1=O. The van der Waals surface area contributed by atoms with Crippen molar-refractivity contribution in [1.29, 1.82) is 5.26 Å². The van der Waals surface area contributed by atoms with Gasteiger partial charge in [0.15, 0.2) is 0 Å². The lowest BCUT2D eigenvalue weighted by atomic mass is 10.1. The van der Waals surface area contributed by atoms with Crippen LogP contribution in [0.4, 0.5) is 4.79 Å². The van der Waals surface area contributed by atoms with E-state index in [1.165, 1.54) is 0 Å². The van der Waals surface area contributed by atoms with E-state index >= 15 is 0 Å². The molecule has 23 heavy (non-hydrogen) atoms. The Balaban J connectivity index is 1.86. The predicted molar refractivity (Wildman–Crippen MR) is 81.6 cm³/mol. The molecule has 122 valence electrons. The van der Waals surface area contributed by atoms with Crippen molar-refractivity contribution >= 4 is 11.9 Å². The number of hydrogen-bond donors (Lipinski definition) is 2. The second-order valence-electron chi connectivity index (χ2n) is 5.91. The number of carbonyl (C=O) groups excluding carboxylic acids is 2. The second-order valence-corrected chi connectivity index (χ2v) is 5.91. The Morgan fingerprint density at radius 1 is 1.35 bits per heavy atom. The van der Waals surface area contributed by atoms with Crippen molar-refractivity contribution < 1.29 is 19.4 Å². The van der Waals surface area contributed by atoms with E-state index in [1.807, 2.05) is 0 Å². The Hall–Kier alpha value is -2.59. The lowest BCUT2D eigenvalue weighted by Crippen LogP contribution is -2.42. The van der Waals surface area contributed by atoms with E-state index in [-0.39, 0.29) is 19.1 Å². The monoisotopic (exact) mass is 317 g/mol. The Bertz CT molecular complexity index is 634. The highest BCUT2D eigenvalue weighted by molar-refractivity contribution is 6.06. The highest BCUT2D eigenvalue weighted by atomic mass is 16.5. The molecule has 7 nitrogen and oxygen atoms in total. The first-order valence-corrected chi connectivity index (χ1v) is 7.24. The van der Waals surface area contributed by atoms with Crippen LogP contribution in [0.1, 0.15) is 19.4 Å². The molecule has 2 rings (SSSR count). The summed E-state index contributed by atoms with van der Waals surface area (Å²) in [5.74, 6) is 0.172. The molecule has 1 fully saturated rings. The van der Waals surface area contributed by atoms with Gasteiger partial charge in [0.2, 0.25) is 0 Å². The number of amides is 3. The molecular weight excluding hydrogens is 298 g/mol. The Kier molecular flexibility index (Phi) is 4.86. The zero-order valence-electron chi connectivity index (χ0n) is 13.1. The molecule has 0 aliphatic carbocycles. The van der Waals surface area contributed by atoms with Crippen molar-refractivity contribution in [2.75, 3.05) is 13.2 Å². The van der Waals surface area contributed by atoms with Crippen LogP contribution < -0.4 is 10.1 Å². The molecule has 0 saturated carbocycles. The molecule has 1 aliphatic heterocycles. The minimum Gasteiger partial charge on any atom is -0.491 e. The van der Waals surface area contributed by atoms with Crippen molar-refractivity contribution in [3.63, 3.8) is 0 Å². The molecule has 1 heterocycles. The Morgan fingerprint density at radius 2 is 2.00 bits per heavy atom. The maximum absolute atomic E-state index is 12.0. The Morgan fingerprint density at radius 3 is 2.52 bits per heavy atom. The number of β-amino-alcohol motifs (C(OH)–C–C–N with tert-alkyl or cyclic N) is 1. The highest BCUT2D eigenvalue weighted by Crippen LogP contribution is 2.17. The highest BCUT2D eigenvalue weighted by Gasteiger charge is 2.44. The molecule has 0 bridgehead atoms. The van der Waals surface area contributed by atoms with Gasteiger partial charge in [-0.05, 0) is 31.5 Å². The number of aliphatic hydroxyl groups excluding tert-OH is 1. The van der Waals surface area contributed by atoms with Crippen molar-refractivity contribution in [2.45, 2.75) is 31.9 Å². The molecular formula is C16H19N3O4. The van der Waals surface area contributed by atoms with E-state index in [0.29, 0.717) is 12.2 Å². The van der Waals surface area contributed by atoms with E-state index in [4.69, 9.17) is 10.00 Å². The second kappa shape index (κ2) is 6.67. The number of nitrogens with zero attached hydrogens (tertiary/aromatic N) is 2. The number of hydrogen-bond acceptors (Lipinski definition) is 5. The van der Waals surface area contributed by atoms with E-state index in [9.17, 15) is 14.7 Å². The van der Waals surface area contributed by atoms with E-state index in [2.05, 4.69) is 11.4 Å². The van der Waals surface area contributed by atoms with Gasteiger partial charge in [-0.25, -0.2) is 4.79 Å².